The van der Waals surface area contributed by atoms with Crippen LogP contribution in [0.2, 0.25) is 0 Å². The maximum absolute atomic E-state index is 14.5. The molecule has 0 bridgehead atoms. The van der Waals surface area contributed by atoms with E-state index in [9.17, 15) is 4.39 Å². The van der Waals surface area contributed by atoms with Crippen molar-refractivity contribution in [3.63, 3.8) is 0 Å². The third-order valence-corrected chi connectivity index (χ3v) is 4.95. The van der Waals surface area contributed by atoms with Gasteiger partial charge in [-0.25, -0.2) is 4.39 Å². The van der Waals surface area contributed by atoms with Crippen LogP contribution in [0.5, 0.6) is 0 Å². The largest absolute Gasteiger partial charge is 0.330 e. The van der Waals surface area contributed by atoms with Gasteiger partial charge in [-0.2, -0.15) is 0 Å². The van der Waals surface area contributed by atoms with E-state index in [4.69, 9.17) is 5.73 Å². The van der Waals surface area contributed by atoms with Crippen molar-refractivity contribution in [2.45, 2.75) is 58.8 Å². The highest BCUT2D eigenvalue weighted by atomic mass is 19.1. The van der Waals surface area contributed by atoms with Crippen LogP contribution in [0.25, 0.3) is 0 Å². The minimum Gasteiger partial charge on any atom is -0.330 e. The Morgan fingerprint density at radius 2 is 2.00 bits per heavy atom. The van der Waals surface area contributed by atoms with E-state index in [0.29, 0.717) is 18.4 Å². The fourth-order valence-electron chi connectivity index (χ4n) is 4.02. The van der Waals surface area contributed by atoms with E-state index in [1.807, 2.05) is 13.8 Å². The first-order valence-electron chi connectivity index (χ1n) is 8.03. The van der Waals surface area contributed by atoms with Gasteiger partial charge in [0.2, 0.25) is 0 Å². The highest BCUT2D eigenvalue weighted by molar-refractivity contribution is 5.35. The molecule has 2 heteroatoms. The molecule has 2 N–H and O–H groups in total. The molecule has 1 nitrogen and oxygen atoms in total. The molecule has 0 heterocycles. The number of rotatable bonds is 4. The van der Waals surface area contributed by atoms with Gasteiger partial charge in [0.15, 0.2) is 0 Å². The Morgan fingerprint density at radius 3 is 2.60 bits per heavy atom. The molecular weight excluding hydrogens is 249 g/mol. The zero-order chi connectivity index (χ0) is 14.7. The normalized spacial score (nSPS) is 26.8. The van der Waals surface area contributed by atoms with Gasteiger partial charge in [0, 0.05) is 0 Å². The molecule has 3 atom stereocenters. The highest BCUT2D eigenvalue weighted by Crippen LogP contribution is 2.43. The molecule has 3 unspecified atom stereocenters. The number of hydrogen-bond donors (Lipinski definition) is 1. The highest BCUT2D eigenvalue weighted by Gasteiger charge is 2.32. The SMILES string of the molecule is CCCC1CCC(CN)C(c2c(C)cc(C)cc2F)C1. The van der Waals surface area contributed by atoms with Crippen LogP contribution in [0.1, 0.15) is 61.6 Å². The van der Waals surface area contributed by atoms with Gasteiger partial charge in [0.1, 0.15) is 5.82 Å². The predicted octanol–water partition coefficient (Wildman–Crippen LogP) is 4.70. The predicted molar refractivity (Wildman–Crippen MR) is 83.4 cm³/mol. The van der Waals surface area contributed by atoms with Crippen molar-refractivity contribution in [3.05, 3.63) is 34.6 Å². The quantitative estimate of drug-likeness (QED) is 0.848. The Labute approximate surface area is 122 Å². The lowest BCUT2D eigenvalue weighted by Crippen LogP contribution is -2.30. The maximum Gasteiger partial charge on any atom is 0.127 e. The molecule has 0 spiro atoms. The first-order valence-corrected chi connectivity index (χ1v) is 8.03. The molecule has 1 fully saturated rings. The molecule has 1 aliphatic rings. The fourth-order valence-corrected chi connectivity index (χ4v) is 4.02. The molecule has 20 heavy (non-hydrogen) atoms. The summed E-state index contributed by atoms with van der Waals surface area (Å²) in [6.45, 7) is 6.92. The molecule has 0 radical (unpaired) electrons. The molecule has 1 aromatic carbocycles. The lowest BCUT2D eigenvalue weighted by Gasteiger charge is -2.37. The Hall–Kier alpha value is -0.890. The Bertz CT molecular complexity index is 432. The third kappa shape index (κ3) is 3.22. The van der Waals surface area contributed by atoms with E-state index in [1.165, 1.54) is 19.3 Å². The summed E-state index contributed by atoms with van der Waals surface area (Å²) in [5, 5.41) is 0. The van der Waals surface area contributed by atoms with Crippen LogP contribution in [0.15, 0.2) is 12.1 Å². The van der Waals surface area contributed by atoms with Crippen LogP contribution < -0.4 is 5.73 Å². The summed E-state index contributed by atoms with van der Waals surface area (Å²) in [6.07, 6.45) is 6.01. The van der Waals surface area contributed by atoms with E-state index in [-0.39, 0.29) is 5.82 Å². The Kier molecular flexibility index (Phi) is 5.20. The van der Waals surface area contributed by atoms with E-state index in [2.05, 4.69) is 13.0 Å². The molecule has 2 rings (SSSR count). The van der Waals surface area contributed by atoms with Crippen LogP contribution in [0.4, 0.5) is 4.39 Å². The molecule has 112 valence electrons. The average molecular weight is 277 g/mol. The second-order valence-corrected chi connectivity index (χ2v) is 6.55. The molecule has 0 saturated heterocycles. The number of halogens is 1. The van der Waals surface area contributed by atoms with Crippen LogP contribution >= 0.6 is 0 Å². The Morgan fingerprint density at radius 1 is 1.25 bits per heavy atom. The summed E-state index contributed by atoms with van der Waals surface area (Å²) in [5.41, 5.74) is 9.00. The topological polar surface area (TPSA) is 26.0 Å². The van der Waals surface area contributed by atoms with Crippen LogP contribution in [-0.2, 0) is 0 Å². The summed E-state index contributed by atoms with van der Waals surface area (Å²) in [7, 11) is 0. The molecule has 1 saturated carbocycles. The first kappa shape index (κ1) is 15.5. The fraction of sp³-hybridized carbons (Fsp3) is 0.667. The molecule has 0 aromatic heterocycles. The lowest BCUT2D eigenvalue weighted by molar-refractivity contribution is 0.226. The average Bonchev–Trinajstić information content (AvgIpc) is 2.38. The van der Waals surface area contributed by atoms with Crippen LogP contribution in [-0.4, -0.2) is 6.54 Å². The van der Waals surface area contributed by atoms with E-state index < -0.39 is 0 Å². The maximum atomic E-state index is 14.5. The van der Waals surface area contributed by atoms with Gasteiger partial charge in [0.05, 0.1) is 0 Å². The summed E-state index contributed by atoms with van der Waals surface area (Å²) in [5.74, 6) is 1.47. The minimum absolute atomic E-state index is 0.0249. The number of benzene rings is 1. The van der Waals surface area contributed by atoms with Crippen LogP contribution in [0.3, 0.4) is 0 Å². The molecule has 1 aromatic rings. The standard InChI is InChI=1S/C18H28FN/c1-4-5-14-6-7-15(11-20)16(10-14)18-13(3)8-12(2)9-17(18)19/h8-9,14-16H,4-7,10-11,20H2,1-3H3. The van der Waals surface area contributed by atoms with Crippen molar-refractivity contribution in [3.8, 4) is 0 Å². The van der Waals surface area contributed by atoms with Crippen molar-refractivity contribution in [2.24, 2.45) is 17.6 Å². The molecular formula is C18H28FN. The molecule has 0 aliphatic heterocycles. The summed E-state index contributed by atoms with van der Waals surface area (Å²) >= 11 is 0. The minimum atomic E-state index is -0.0249. The van der Waals surface area contributed by atoms with E-state index >= 15 is 0 Å². The summed E-state index contributed by atoms with van der Waals surface area (Å²) < 4.78 is 14.5. The van der Waals surface area contributed by atoms with Gasteiger partial charge >= 0.3 is 0 Å². The zero-order valence-electron chi connectivity index (χ0n) is 13.1. The van der Waals surface area contributed by atoms with Gasteiger partial charge in [-0.1, -0.05) is 32.3 Å². The number of nitrogens with two attached hydrogens (primary N) is 1. The van der Waals surface area contributed by atoms with Crippen molar-refractivity contribution in [2.75, 3.05) is 6.54 Å². The summed E-state index contributed by atoms with van der Waals surface area (Å²) in [4.78, 5) is 0. The second kappa shape index (κ2) is 6.71. The smallest absolute Gasteiger partial charge is 0.127 e. The number of hydrogen-bond acceptors (Lipinski definition) is 1. The van der Waals surface area contributed by atoms with Gasteiger partial charge in [-0.15, -0.1) is 0 Å². The first-order chi connectivity index (χ1) is 9.56. The van der Waals surface area contributed by atoms with E-state index in [1.54, 1.807) is 6.07 Å². The van der Waals surface area contributed by atoms with E-state index in [0.717, 1.165) is 35.4 Å². The van der Waals surface area contributed by atoms with Crippen LogP contribution in [0, 0.1) is 31.5 Å². The number of aryl methyl sites for hydroxylation is 2. The van der Waals surface area contributed by atoms with Crippen molar-refractivity contribution >= 4 is 0 Å². The molecule has 1 aliphatic carbocycles. The third-order valence-electron chi connectivity index (χ3n) is 4.95. The molecule has 0 amide bonds. The van der Waals surface area contributed by atoms with Crippen molar-refractivity contribution < 1.29 is 4.39 Å². The van der Waals surface area contributed by atoms with Crippen molar-refractivity contribution in [1.29, 1.82) is 0 Å². The van der Waals surface area contributed by atoms with Crippen molar-refractivity contribution in [1.82, 2.24) is 0 Å². The summed E-state index contributed by atoms with van der Waals surface area (Å²) in [6, 6.07) is 3.79. The Balaban J connectivity index is 2.31. The zero-order valence-corrected chi connectivity index (χ0v) is 13.1. The lowest BCUT2D eigenvalue weighted by atomic mass is 9.69. The van der Waals surface area contributed by atoms with Gasteiger partial charge in [-0.05, 0) is 73.7 Å². The van der Waals surface area contributed by atoms with Gasteiger partial charge in [-0.3, -0.25) is 0 Å². The van der Waals surface area contributed by atoms with Gasteiger partial charge in [0.25, 0.3) is 0 Å². The monoisotopic (exact) mass is 277 g/mol. The van der Waals surface area contributed by atoms with Gasteiger partial charge < -0.3 is 5.73 Å². The second-order valence-electron chi connectivity index (χ2n) is 6.55.